The Labute approximate surface area is 114 Å². The molecule has 4 nitrogen and oxygen atoms in total. The van der Waals surface area contributed by atoms with E-state index in [-0.39, 0.29) is 6.42 Å². The molecule has 3 aliphatic rings. The number of allylic oxidation sites excluding steroid dienone is 1. The summed E-state index contributed by atoms with van der Waals surface area (Å²) in [6, 6.07) is 0. The van der Waals surface area contributed by atoms with Crippen LogP contribution in [0, 0.1) is 5.92 Å². The van der Waals surface area contributed by atoms with Crippen molar-refractivity contribution in [2.45, 2.75) is 44.9 Å². The van der Waals surface area contributed by atoms with Gasteiger partial charge in [0.1, 0.15) is 0 Å². The van der Waals surface area contributed by atoms with E-state index >= 15 is 0 Å². The Hall–Kier alpha value is -1.32. The van der Waals surface area contributed by atoms with E-state index in [0.29, 0.717) is 5.92 Å². The van der Waals surface area contributed by atoms with Gasteiger partial charge in [-0.15, -0.1) is 0 Å². The summed E-state index contributed by atoms with van der Waals surface area (Å²) in [5.74, 6) is -0.0536. The minimum Gasteiger partial charge on any atom is -0.481 e. The lowest BCUT2D eigenvalue weighted by Gasteiger charge is -2.43. The molecule has 1 N–H and O–H groups in total. The molecule has 1 saturated heterocycles. The van der Waals surface area contributed by atoms with Crippen LogP contribution in [0.5, 0.6) is 0 Å². The molecule has 0 radical (unpaired) electrons. The predicted octanol–water partition coefficient (Wildman–Crippen LogP) is 2.46. The SMILES string of the molecule is O=C(O)CCCC1=NCC2CCCN3CCCC1=C23. The van der Waals surface area contributed by atoms with E-state index in [2.05, 4.69) is 4.90 Å². The van der Waals surface area contributed by atoms with Crippen molar-refractivity contribution < 1.29 is 9.90 Å². The van der Waals surface area contributed by atoms with Crippen molar-refractivity contribution in [3.05, 3.63) is 11.3 Å². The molecule has 3 heterocycles. The summed E-state index contributed by atoms with van der Waals surface area (Å²) in [6.07, 6.45) is 6.76. The molecule has 1 atom stereocenters. The van der Waals surface area contributed by atoms with Crippen molar-refractivity contribution in [3.63, 3.8) is 0 Å². The molecule has 1 unspecified atom stereocenters. The molecule has 0 aromatic rings. The normalized spacial score (nSPS) is 26.0. The summed E-state index contributed by atoms with van der Waals surface area (Å²) in [6.45, 7) is 3.34. The maximum atomic E-state index is 10.6. The highest BCUT2D eigenvalue weighted by atomic mass is 16.4. The fraction of sp³-hybridized carbons (Fsp3) is 0.733. The number of carbonyl (C=O) groups is 1. The van der Waals surface area contributed by atoms with Crippen LogP contribution in [0.15, 0.2) is 16.3 Å². The second-order valence-corrected chi connectivity index (χ2v) is 5.83. The maximum absolute atomic E-state index is 10.6. The molecule has 0 aliphatic carbocycles. The zero-order valence-corrected chi connectivity index (χ0v) is 11.4. The molecule has 0 aromatic carbocycles. The quantitative estimate of drug-likeness (QED) is 0.846. The molecular weight excluding hydrogens is 240 g/mol. The zero-order valence-electron chi connectivity index (χ0n) is 11.4. The van der Waals surface area contributed by atoms with Crippen LogP contribution in [0.25, 0.3) is 0 Å². The molecule has 0 aromatic heterocycles. The lowest BCUT2D eigenvalue weighted by molar-refractivity contribution is -0.137. The molecule has 19 heavy (non-hydrogen) atoms. The van der Waals surface area contributed by atoms with Crippen molar-refractivity contribution in [3.8, 4) is 0 Å². The van der Waals surface area contributed by atoms with Crippen LogP contribution in [0.1, 0.15) is 44.9 Å². The van der Waals surface area contributed by atoms with Crippen LogP contribution < -0.4 is 0 Å². The Morgan fingerprint density at radius 2 is 2.21 bits per heavy atom. The number of aliphatic carboxylic acids is 1. The number of carboxylic acid groups (broad SMARTS) is 1. The first-order chi connectivity index (χ1) is 9.25. The second-order valence-electron chi connectivity index (χ2n) is 5.83. The highest BCUT2D eigenvalue weighted by Crippen LogP contribution is 2.38. The van der Waals surface area contributed by atoms with Gasteiger partial charge in [0.15, 0.2) is 0 Å². The van der Waals surface area contributed by atoms with Gasteiger partial charge in [0.25, 0.3) is 0 Å². The standard InChI is InChI=1S/C15H22N2O2/c18-14(19)7-1-6-13-12-5-3-9-17-8-2-4-11(10-16-13)15(12)17/h11H,1-10H2,(H,18,19). The van der Waals surface area contributed by atoms with E-state index in [9.17, 15) is 4.79 Å². The number of carboxylic acids is 1. The third-order valence-electron chi connectivity index (χ3n) is 4.53. The van der Waals surface area contributed by atoms with Crippen LogP contribution in [0.3, 0.4) is 0 Å². The lowest BCUT2D eigenvalue weighted by Crippen LogP contribution is -2.41. The van der Waals surface area contributed by atoms with Gasteiger partial charge in [-0.25, -0.2) is 0 Å². The average Bonchev–Trinajstić information content (AvgIpc) is 2.41. The van der Waals surface area contributed by atoms with Crippen LogP contribution in [0.2, 0.25) is 0 Å². The number of rotatable bonds is 4. The summed E-state index contributed by atoms with van der Waals surface area (Å²) in [7, 11) is 0. The van der Waals surface area contributed by atoms with Crippen LogP contribution in [-0.4, -0.2) is 41.3 Å². The molecule has 0 saturated carbocycles. The third-order valence-corrected chi connectivity index (χ3v) is 4.53. The van der Waals surface area contributed by atoms with E-state index in [4.69, 9.17) is 10.1 Å². The van der Waals surface area contributed by atoms with Crippen LogP contribution in [-0.2, 0) is 4.79 Å². The smallest absolute Gasteiger partial charge is 0.303 e. The molecule has 3 rings (SSSR count). The molecule has 0 amide bonds. The predicted molar refractivity (Wildman–Crippen MR) is 74.3 cm³/mol. The van der Waals surface area contributed by atoms with Crippen molar-refractivity contribution in [2.24, 2.45) is 10.9 Å². The maximum Gasteiger partial charge on any atom is 0.303 e. The number of hydrogen-bond acceptors (Lipinski definition) is 3. The van der Waals surface area contributed by atoms with E-state index in [0.717, 1.165) is 25.8 Å². The van der Waals surface area contributed by atoms with Crippen molar-refractivity contribution in [1.29, 1.82) is 0 Å². The Kier molecular flexibility index (Phi) is 3.58. The molecule has 4 heteroatoms. The highest BCUT2D eigenvalue weighted by molar-refractivity contribution is 6.01. The minimum atomic E-state index is -0.699. The number of nitrogens with zero attached hydrogens (tertiary/aromatic N) is 2. The third kappa shape index (κ3) is 2.53. The number of piperidine rings is 1. The first-order valence-electron chi connectivity index (χ1n) is 7.49. The second kappa shape index (κ2) is 5.35. The summed E-state index contributed by atoms with van der Waals surface area (Å²) in [5, 5.41) is 8.75. The number of hydrogen-bond donors (Lipinski definition) is 1. The van der Waals surface area contributed by atoms with Crippen molar-refractivity contribution in [1.82, 2.24) is 4.90 Å². The first kappa shape index (κ1) is 12.7. The van der Waals surface area contributed by atoms with Gasteiger partial charge < -0.3 is 10.0 Å². The largest absolute Gasteiger partial charge is 0.481 e. The topological polar surface area (TPSA) is 52.9 Å². The van der Waals surface area contributed by atoms with Gasteiger partial charge in [0.2, 0.25) is 0 Å². The van der Waals surface area contributed by atoms with Crippen LogP contribution in [0.4, 0.5) is 0 Å². The summed E-state index contributed by atoms with van der Waals surface area (Å²) >= 11 is 0. The Morgan fingerprint density at radius 1 is 1.37 bits per heavy atom. The number of dihydropyridines is 1. The summed E-state index contributed by atoms with van der Waals surface area (Å²) < 4.78 is 0. The first-order valence-corrected chi connectivity index (χ1v) is 7.49. The van der Waals surface area contributed by atoms with E-state index in [1.165, 1.54) is 43.6 Å². The zero-order chi connectivity index (χ0) is 13.2. The fourth-order valence-corrected chi connectivity index (χ4v) is 3.71. The molecular formula is C15H22N2O2. The average molecular weight is 262 g/mol. The lowest BCUT2D eigenvalue weighted by atomic mass is 9.82. The van der Waals surface area contributed by atoms with E-state index in [1.807, 2.05) is 0 Å². The van der Waals surface area contributed by atoms with Crippen LogP contribution >= 0.6 is 0 Å². The molecule has 104 valence electrons. The van der Waals surface area contributed by atoms with Gasteiger partial charge in [-0.3, -0.25) is 9.79 Å². The van der Waals surface area contributed by atoms with Gasteiger partial charge in [-0.2, -0.15) is 0 Å². The van der Waals surface area contributed by atoms with E-state index < -0.39 is 5.97 Å². The minimum absolute atomic E-state index is 0.259. The van der Waals surface area contributed by atoms with E-state index in [1.54, 1.807) is 5.70 Å². The van der Waals surface area contributed by atoms with Gasteiger partial charge in [0, 0.05) is 43.4 Å². The highest BCUT2D eigenvalue weighted by Gasteiger charge is 2.33. The Balaban J connectivity index is 1.75. The number of aliphatic imine (C=N–C) groups is 1. The fourth-order valence-electron chi connectivity index (χ4n) is 3.71. The summed E-state index contributed by atoms with van der Waals surface area (Å²) in [5.41, 5.74) is 4.24. The molecule has 0 spiro atoms. The van der Waals surface area contributed by atoms with Gasteiger partial charge in [-0.05, 0) is 44.1 Å². The van der Waals surface area contributed by atoms with Crippen molar-refractivity contribution in [2.75, 3.05) is 19.6 Å². The monoisotopic (exact) mass is 262 g/mol. The Bertz CT molecular complexity index is 439. The molecule has 0 bridgehead atoms. The molecule has 3 aliphatic heterocycles. The van der Waals surface area contributed by atoms with Crippen molar-refractivity contribution >= 4 is 11.7 Å². The van der Waals surface area contributed by atoms with Gasteiger partial charge >= 0.3 is 5.97 Å². The summed E-state index contributed by atoms with van der Waals surface area (Å²) in [4.78, 5) is 18.0. The molecule has 1 fully saturated rings. The van der Waals surface area contributed by atoms with Gasteiger partial charge in [-0.1, -0.05) is 0 Å². The van der Waals surface area contributed by atoms with Gasteiger partial charge in [0.05, 0.1) is 0 Å². The Morgan fingerprint density at radius 3 is 3.05 bits per heavy atom.